The Balaban J connectivity index is 2.63. The van der Waals surface area contributed by atoms with Crippen molar-refractivity contribution >= 4 is 11.9 Å². The molecule has 0 aromatic heterocycles. The number of carbonyl (C=O) groups excluding carboxylic acids is 2. The summed E-state index contributed by atoms with van der Waals surface area (Å²) in [4.78, 5) is 20.9. The Hall–Kier alpha value is -1.86. The van der Waals surface area contributed by atoms with E-state index >= 15 is 0 Å². The van der Waals surface area contributed by atoms with Crippen molar-refractivity contribution in [3.05, 3.63) is 41.5 Å². The van der Waals surface area contributed by atoms with E-state index in [1.165, 1.54) is 13.2 Å². The normalized spacial score (nSPS) is 9.13. The fraction of sp³-hybridized carbons (Fsp3) is 0.250. The summed E-state index contributed by atoms with van der Waals surface area (Å²) >= 11 is 0. The van der Waals surface area contributed by atoms with Crippen LogP contribution in [0.4, 0.5) is 0 Å². The van der Waals surface area contributed by atoms with Gasteiger partial charge in [0.2, 0.25) is 0 Å². The zero-order valence-corrected chi connectivity index (χ0v) is 8.53. The lowest BCUT2D eigenvalue weighted by atomic mass is 10.1. The van der Waals surface area contributed by atoms with Crippen LogP contribution in [0.5, 0.6) is 0 Å². The molecule has 0 fully saturated rings. The predicted octanol–water partition coefficient (Wildman–Crippen LogP) is 1.33. The second-order valence-corrected chi connectivity index (χ2v) is 3.10. The molecule has 1 aromatic rings. The van der Waals surface area contributed by atoms with Gasteiger partial charge in [0.25, 0.3) is 0 Å². The molecule has 78 valence electrons. The molecule has 0 unspecified atom stereocenters. The lowest BCUT2D eigenvalue weighted by Crippen LogP contribution is -2.04. The van der Waals surface area contributed by atoms with Gasteiger partial charge < -0.3 is 4.74 Å². The summed E-state index contributed by atoms with van der Waals surface area (Å²) in [5.74, 6) is 1.47. The third kappa shape index (κ3) is 3.79. The summed E-state index contributed by atoms with van der Waals surface area (Å²) in [7, 11) is 1.37. The molecule has 0 saturated carbocycles. The molecule has 0 heterocycles. The lowest BCUT2D eigenvalue weighted by molar-refractivity contribution is -0.139. The minimum absolute atomic E-state index is 0.254. The molecule has 1 aromatic carbocycles. The molecular formula is C12H12O3. The van der Waals surface area contributed by atoms with E-state index in [4.69, 9.17) is 0 Å². The number of hydrogen-bond donors (Lipinski definition) is 0. The minimum atomic E-state index is -0.254. The van der Waals surface area contributed by atoms with Crippen molar-refractivity contribution in [2.75, 3.05) is 7.11 Å². The van der Waals surface area contributed by atoms with Gasteiger partial charge in [0.05, 0.1) is 13.5 Å². The van der Waals surface area contributed by atoms with Crippen molar-refractivity contribution in [1.29, 1.82) is 0 Å². The molecule has 3 nitrogen and oxygen atoms in total. The van der Waals surface area contributed by atoms with Gasteiger partial charge in [-0.2, -0.15) is 0 Å². The fourth-order valence-corrected chi connectivity index (χ4v) is 1.19. The Morgan fingerprint density at radius 3 is 2.47 bits per heavy atom. The SMILES string of the molecule is COC(=O)Cc1ccc(CC=C=O)cc1. The Labute approximate surface area is 88.4 Å². The van der Waals surface area contributed by atoms with Crippen LogP contribution in [-0.4, -0.2) is 19.0 Å². The van der Waals surface area contributed by atoms with Gasteiger partial charge in [-0.15, -0.1) is 0 Å². The topological polar surface area (TPSA) is 43.4 Å². The van der Waals surface area contributed by atoms with Gasteiger partial charge in [0, 0.05) is 12.5 Å². The van der Waals surface area contributed by atoms with Crippen LogP contribution in [0.1, 0.15) is 11.1 Å². The molecule has 0 aliphatic carbocycles. The van der Waals surface area contributed by atoms with Gasteiger partial charge in [0.1, 0.15) is 5.94 Å². The maximum absolute atomic E-state index is 11.0. The van der Waals surface area contributed by atoms with E-state index in [0.29, 0.717) is 6.42 Å². The van der Waals surface area contributed by atoms with Crippen molar-refractivity contribution in [2.45, 2.75) is 12.8 Å². The van der Waals surface area contributed by atoms with Crippen LogP contribution in [0.25, 0.3) is 0 Å². The van der Waals surface area contributed by atoms with Crippen LogP contribution < -0.4 is 0 Å². The first-order valence-electron chi connectivity index (χ1n) is 4.60. The molecule has 0 N–H and O–H groups in total. The first kappa shape index (κ1) is 11.2. The number of ether oxygens (including phenoxy) is 1. The molecule has 0 aliphatic rings. The number of methoxy groups -OCH3 is 1. The highest BCUT2D eigenvalue weighted by Gasteiger charge is 2.01. The molecule has 3 heteroatoms. The minimum Gasteiger partial charge on any atom is -0.469 e. The van der Waals surface area contributed by atoms with Crippen molar-refractivity contribution < 1.29 is 14.3 Å². The Morgan fingerprint density at radius 1 is 1.33 bits per heavy atom. The molecule has 0 radical (unpaired) electrons. The van der Waals surface area contributed by atoms with E-state index in [9.17, 15) is 9.59 Å². The number of allylic oxidation sites excluding steroid dienone is 1. The first-order chi connectivity index (χ1) is 7.26. The molecule has 1 rings (SSSR count). The summed E-state index contributed by atoms with van der Waals surface area (Å²) < 4.78 is 4.55. The van der Waals surface area contributed by atoms with E-state index < -0.39 is 0 Å². The van der Waals surface area contributed by atoms with Crippen molar-refractivity contribution in [3.8, 4) is 0 Å². The van der Waals surface area contributed by atoms with Gasteiger partial charge in [-0.1, -0.05) is 24.3 Å². The van der Waals surface area contributed by atoms with Crippen LogP contribution in [0.15, 0.2) is 30.3 Å². The predicted molar refractivity (Wildman–Crippen MR) is 56.1 cm³/mol. The number of benzene rings is 1. The van der Waals surface area contributed by atoms with Crippen molar-refractivity contribution in [1.82, 2.24) is 0 Å². The number of hydrogen-bond acceptors (Lipinski definition) is 3. The van der Waals surface area contributed by atoms with Gasteiger partial charge in [-0.3, -0.25) is 4.79 Å². The van der Waals surface area contributed by atoms with Gasteiger partial charge in [-0.05, 0) is 11.1 Å². The molecule has 0 amide bonds. The summed E-state index contributed by atoms with van der Waals surface area (Å²) in [6.07, 6.45) is 2.28. The summed E-state index contributed by atoms with van der Waals surface area (Å²) in [5.41, 5.74) is 1.92. The van der Waals surface area contributed by atoms with E-state index in [0.717, 1.165) is 11.1 Å². The number of rotatable bonds is 4. The molecular weight excluding hydrogens is 192 g/mol. The highest BCUT2D eigenvalue weighted by atomic mass is 16.5. The second-order valence-electron chi connectivity index (χ2n) is 3.10. The van der Waals surface area contributed by atoms with Gasteiger partial charge in [0.15, 0.2) is 0 Å². The molecule has 0 saturated heterocycles. The van der Waals surface area contributed by atoms with Crippen molar-refractivity contribution in [2.24, 2.45) is 0 Å². The van der Waals surface area contributed by atoms with E-state index in [2.05, 4.69) is 4.74 Å². The standard InChI is InChI=1S/C12H12O3/c1-15-12(14)9-11-6-4-10(5-7-11)3-2-8-13/h2,4-7H,3,9H2,1H3. The average molecular weight is 204 g/mol. The molecule has 0 spiro atoms. The maximum Gasteiger partial charge on any atom is 0.309 e. The lowest BCUT2D eigenvalue weighted by Gasteiger charge is -2.01. The van der Waals surface area contributed by atoms with E-state index in [-0.39, 0.29) is 12.4 Å². The highest BCUT2D eigenvalue weighted by Crippen LogP contribution is 2.06. The zero-order valence-electron chi connectivity index (χ0n) is 8.53. The van der Waals surface area contributed by atoms with Gasteiger partial charge >= 0.3 is 5.97 Å². The highest BCUT2D eigenvalue weighted by molar-refractivity contribution is 5.72. The third-order valence-electron chi connectivity index (χ3n) is 2.02. The molecule has 0 aliphatic heterocycles. The van der Waals surface area contributed by atoms with Gasteiger partial charge in [-0.25, -0.2) is 4.79 Å². The monoisotopic (exact) mass is 204 g/mol. The maximum atomic E-state index is 11.0. The first-order valence-corrected chi connectivity index (χ1v) is 4.60. The second kappa shape index (κ2) is 5.78. The average Bonchev–Trinajstić information content (AvgIpc) is 2.28. The quantitative estimate of drug-likeness (QED) is 0.549. The molecule has 0 bridgehead atoms. The zero-order chi connectivity index (χ0) is 11.1. The Morgan fingerprint density at radius 2 is 1.93 bits per heavy atom. The van der Waals surface area contributed by atoms with Crippen LogP contribution in [0.2, 0.25) is 0 Å². The fourth-order valence-electron chi connectivity index (χ4n) is 1.19. The van der Waals surface area contributed by atoms with Crippen LogP contribution in [0, 0.1) is 0 Å². The number of esters is 1. The molecule has 15 heavy (non-hydrogen) atoms. The molecule has 0 atom stereocenters. The van der Waals surface area contributed by atoms with E-state index in [1.807, 2.05) is 24.3 Å². The largest absolute Gasteiger partial charge is 0.469 e. The van der Waals surface area contributed by atoms with Crippen LogP contribution >= 0.6 is 0 Å². The van der Waals surface area contributed by atoms with Crippen molar-refractivity contribution in [3.63, 3.8) is 0 Å². The van der Waals surface area contributed by atoms with Crippen LogP contribution in [-0.2, 0) is 27.2 Å². The smallest absolute Gasteiger partial charge is 0.309 e. The number of carbonyl (C=O) groups is 1. The summed E-state index contributed by atoms with van der Waals surface area (Å²) in [5, 5.41) is 0. The Kier molecular flexibility index (Phi) is 4.32. The third-order valence-corrected chi connectivity index (χ3v) is 2.02. The summed E-state index contributed by atoms with van der Waals surface area (Å²) in [6, 6.07) is 7.47. The van der Waals surface area contributed by atoms with Crippen LogP contribution in [0.3, 0.4) is 0 Å². The van der Waals surface area contributed by atoms with E-state index in [1.54, 1.807) is 5.94 Å². The Bertz CT molecular complexity index is 372. The summed E-state index contributed by atoms with van der Waals surface area (Å²) in [6.45, 7) is 0.